The molecule has 2 atom stereocenters. The van der Waals surface area contributed by atoms with Crippen molar-refractivity contribution in [1.82, 2.24) is 30.2 Å². The molecule has 3 fully saturated rings. The van der Waals surface area contributed by atoms with Crippen molar-refractivity contribution in [3.63, 3.8) is 0 Å². The predicted molar refractivity (Wildman–Crippen MR) is 121 cm³/mol. The first-order chi connectivity index (χ1) is 16.8. The van der Waals surface area contributed by atoms with E-state index in [0.717, 1.165) is 19.3 Å². The topological polar surface area (TPSA) is 123 Å². The number of rotatable bonds is 8. The van der Waals surface area contributed by atoms with Gasteiger partial charge in [-0.25, -0.2) is 8.78 Å². The normalized spacial score (nSPS) is 23.0. The maximum absolute atomic E-state index is 13.8. The summed E-state index contributed by atoms with van der Waals surface area (Å²) < 4.78 is 30.8. The summed E-state index contributed by atoms with van der Waals surface area (Å²) in [5, 5.41) is 16.8. The summed E-state index contributed by atoms with van der Waals surface area (Å²) in [4.78, 5) is 38.2. The summed E-state index contributed by atoms with van der Waals surface area (Å²) in [5.41, 5.74) is 0.769. The van der Waals surface area contributed by atoms with Crippen molar-refractivity contribution in [2.45, 2.75) is 69.5 Å². The van der Waals surface area contributed by atoms with Gasteiger partial charge in [0.25, 0.3) is 5.91 Å². The molecule has 12 heteroatoms. The van der Waals surface area contributed by atoms with Crippen molar-refractivity contribution in [3.05, 3.63) is 30.4 Å². The van der Waals surface area contributed by atoms with E-state index in [2.05, 4.69) is 26.1 Å². The van der Waals surface area contributed by atoms with Crippen LogP contribution in [0.3, 0.4) is 0 Å². The predicted octanol–water partition coefficient (Wildman–Crippen LogP) is 2.11. The molecule has 2 aromatic heterocycles. The van der Waals surface area contributed by atoms with Crippen LogP contribution in [0.25, 0.3) is 0 Å². The van der Waals surface area contributed by atoms with E-state index in [4.69, 9.17) is 0 Å². The monoisotopic (exact) mass is 489 g/mol. The maximum Gasteiger partial charge on any atom is 0.270 e. The zero-order valence-corrected chi connectivity index (χ0v) is 19.3. The fourth-order valence-corrected chi connectivity index (χ4v) is 4.91. The van der Waals surface area contributed by atoms with E-state index in [1.54, 1.807) is 27.8 Å². The Morgan fingerprint density at radius 1 is 1.17 bits per heavy atom. The third kappa shape index (κ3) is 5.35. The minimum Gasteiger partial charge on any atom is -0.356 e. The van der Waals surface area contributed by atoms with E-state index in [-0.39, 0.29) is 43.6 Å². The lowest BCUT2D eigenvalue weighted by molar-refractivity contribution is -0.123. The molecule has 0 radical (unpaired) electrons. The number of aromatic nitrogens is 4. The molecule has 1 aliphatic heterocycles. The van der Waals surface area contributed by atoms with Gasteiger partial charge in [-0.05, 0) is 44.1 Å². The van der Waals surface area contributed by atoms with Gasteiger partial charge in [0.2, 0.25) is 17.7 Å². The van der Waals surface area contributed by atoms with Crippen molar-refractivity contribution >= 4 is 23.4 Å². The average Bonchev–Trinajstić information content (AvgIpc) is 3.17. The lowest BCUT2D eigenvalue weighted by Crippen LogP contribution is -2.50. The van der Waals surface area contributed by atoms with E-state index in [1.165, 1.54) is 6.20 Å². The van der Waals surface area contributed by atoms with Crippen LogP contribution in [0.15, 0.2) is 24.7 Å². The molecule has 188 valence electrons. The lowest BCUT2D eigenvalue weighted by Gasteiger charge is -2.33. The molecule has 3 amide bonds. The van der Waals surface area contributed by atoms with Gasteiger partial charge in [0.1, 0.15) is 11.7 Å². The Bertz CT molecular complexity index is 1100. The molecule has 2 aliphatic carbocycles. The number of anilines is 1. The zero-order valence-electron chi connectivity index (χ0n) is 19.3. The number of nitrogens with one attached hydrogen (secondary N) is 3. The van der Waals surface area contributed by atoms with E-state index >= 15 is 0 Å². The Kier molecular flexibility index (Phi) is 6.28. The van der Waals surface area contributed by atoms with Crippen molar-refractivity contribution in [2.24, 2.45) is 11.8 Å². The van der Waals surface area contributed by atoms with Crippen molar-refractivity contribution in [1.29, 1.82) is 0 Å². The van der Waals surface area contributed by atoms with Crippen LogP contribution < -0.4 is 16.0 Å². The second kappa shape index (κ2) is 9.38. The summed E-state index contributed by atoms with van der Waals surface area (Å²) in [7, 11) is 0. The lowest BCUT2D eigenvalue weighted by atomic mass is 9.81. The molecular formula is C23H29F2N7O3. The summed E-state index contributed by atoms with van der Waals surface area (Å²) in [5.74, 6) is -4.30. The second-order valence-electron chi connectivity index (χ2n) is 9.75. The van der Waals surface area contributed by atoms with Gasteiger partial charge < -0.3 is 16.0 Å². The van der Waals surface area contributed by atoms with Gasteiger partial charge in [-0.1, -0.05) is 0 Å². The Balaban J connectivity index is 1.28. The molecule has 5 rings (SSSR count). The van der Waals surface area contributed by atoms with Crippen LogP contribution in [0, 0.1) is 11.8 Å². The fourth-order valence-electron chi connectivity index (χ4n) is 4.91. The van der Waals surface area contributed by atoms with Crippen LogP contribution in [0.5, 0.6) is 0 Å². The zero-order chi connectivity index (χ0) is 24.6. The summed E-state index contributed by atoms with van der Waals surface area (Å²) in [6.07, 6.45) is 6.86. The Morgan fingerprint density at radius 2 is 1.94 bits per heavy atom. The molecular weight excluding hydrogens is 460 g/mol. The quantitative estimate of drug-likeness (QED) is 0.524. The first-order valence-corrected chi connectivity index (χ1v) is 12.1. The molecule has 1 unspecified atom stereocenters. The first kappa shape index (κ1) is 23.4. The molecule has 3 heterocycles. The standard InChI is InChI=1S/C23H29F2N7O3/c24-23(25)7-3-14(4-8-23)19(30-21(34)18-6-10-27-32(18)17-1-2-17)22(35)29-16-11-28-31(13-16)12-15-5-9-26-20(15)33/h6,10-11,13-15,17,19H,1-5,7-9,12H2,(H,26,33)(H,29,35)(H,30,34)/t15?,19-/m0/s1. The van der Waals surface area contributed by atoms with Gasteiger partial charge in [0, 0.05) is 31.8 Å². The van der Waals surface area contributed by atoms with E-state index in [9.17, 15) is 23.2 Å². The number of halogens is 2. The molecule has 10 nitrogen and oxygen atoms in total. The maximum atomic E-state index is 13.8. The number of carbonyl (C=O) groups excluding carboxylic acids is 3. The third-order valence-corrected chi connectivity index (χ3v) is 7.07. The summed E-state index contributed by atoms with van der Waals surface area (Å²) in [6.45, 7) is 1.03. The van der Waals surface area contributed by atoms with E-state index in [0.29, 0.717) is 24.5 Å². The Morgan fingerprint density at radius 3 is 2.63 bits per heavy atom. The molecule has 1 saturated heterocycles. The highest BCUT2D eigenvalue weighted by Crippen LogP contribution is 2.38. The highest BCUT2D eigenvalue weighted by atomic mass is 19.3. The molecule has 2 aromatic rings. The molecule has 0 spiro atoms. The van der Waals surface area contributed by atoms with Crippen LogP contribution in [-0.4, -0.2) is 55.8 Å². The van der Waals surface area contributed by atoms with E-state index < -0.39 is 29.7 Å². The first-order valence-electron chi connectivity index (χ1n) is 12.1. The van der Waals surface area contributed by atoms with Crippen LogP contribution in [0.4, 0.5) is 14.5 Å². The Hall–Kier alpha value is -3.31. The number of nitrogens with zero attached hydrogens (tertiary/aromatic N) is 4. The largest absolute Gasteiger partial charge is 0.356 e. The highest BCUT2D eigenvalue weighted by molar-refractivity contribution is 6.00. The highest BCUT2D eigenvalue weighted by Gasteiger charge is 2.41. The second-order valence-corrected chi connectivity index (χ2v) is 9.75. The SMILES string of the molecule is O=C(N[C@H](C(=O)Nc1cnn(CC2CCNC2=O)c1)C1CCC(F)(F)CC1)c1ccnn1C1CC1. The van der Waals surface area contributed by atoms with Crippen LogP contribution in [-0.2, 0) is 16.1 Å². The van der Waals surface area contributed by atoms with Crippen LogP contribution in [0.1, 0.15) is 61.5 Å². The minimum atomic E-state index is -2.75. The number of amides is 3. The molecule has 3 aliphatic rings. The van der Waals surface area contributed by atoms with Crippen LogP contribution >= 0.6 is 0 Å². The van der Waals surface area contributed by atoms with E-state index in [1.807, 2.05) is 0 Å². The molecule has 35 heavy (non-hydrogen) atoms. The average molecular weight is 490 g/mol. The Labute approximate surface area is 200 Å². The van der Waals surface area contributed by atoms with Gasteiger partial charge in [-0.3, -0.25) is 23.7 Å². The van der Waals surface area contributed by atoms with Gasteiger partial charge in [-0.2, -0.15) is 10.2 Å². The minimum absolute atomic E-state index is 0.0200. The molecule has 3 N–H and O–H groups in total. The fraction of sp³-hybridized carbons (Fsp3) is 0.609. The van der Waals surface area contributed by atoms with Crippen LogP contribution in [0.2, 0.25) is 0 Å². The summed E-state index contributed by atoms with van der Waals surface area (Å²) in [6, 6.07) is 0.796. The van der Waals surface area contributed by atoms with Crippen molar-refractivity contribution in [3.8, 4) is 0 Å². The molecule has 0 bridgehead atoms. The third-order valence-electron chi connectivity index (χ3n) is 7.07. The van der Waals surface area contributed by atoms with Gasteiger partial charge >= 0.3 is 0 Å². The smallest absolute Gasteiger partial charge is 0.270 e. The number of alkyl halides is 2. The number of carbonyl (C=O) groups is 3. The van der Waals surface area contributed by atoms with Crippen molar-refractivity contribution < 1.29 is 23.2 Å². The summed E-state index contributed by atoms with van der Waals surface area (Å²) >= 11 is 0. The number of hydrogen-bond donors (Lipinski definition) is 3. The molecule has 0 aromatic carbocycles. The van der Waals surface area contributed by atoms with Gasteiger partial charge in [-0.15, -0.1) is 0 Å². The van der Waals surface area contributed by atoms with Crippen molar-refractivity contribution in [2.75, 3.05) is 11.9 Å². The number of hydrogen-bond acceptors (Lipinski definition) is 5. The molecule has 2 saturated carbocycles. The van der Waals surface area contributed by atoms with Gasteiger partial charge in [0.05, 0.1) is 30.4 Å². The van der Waals surface area contributed by atoms with Gasteiger partial charge in [0.15, 0.2) is 0 Å².